The predicted octanol–water partition coefficient (Wildman–Crippen LogP) is 4.30. The van der Waals surface area contributed by atoms with Crippen molar-refractivity contribution in [3.8, 4) is 0 Å². The van der Waals surface area contributed by atoms with Crippen LogP contribution in [0.4, 0.5) is 10.1 Å². The van der Waals surface area contributed by atoms with Crippen LogP contribution >= 0.6 is 22.6 Å². The predicted molar refractivity (Wildman–Crippen MR) is 91.0 cm³/mol. The largest absolute Gasteiger partial charge is 0.313 e. The molecule has 0 aliphatic heterocycles. The summed E-state index contributed by atoms with van der Waals surface area (Å²) in [6, 6.07) is 2.66. The fourth-order valence-corrected chi connectivity index (χ4v) is 2.58. The number of halogens is 2. The highest BCUT2D eigenvalue weighted by Crippen LogP contribution is 2.29. The maximum absolute atomic E-state index is 13.8. The number of nitro groups is 1. The molecule has 1 aromatic rings. The van der Waals surface area contributed by atoms with Crippen molar-refractivity contribution in [2.24, 2.45) is 5.41 Å². The fraction of sp³-hybridized carbons (Fsp3) is 0.600. The molecule has 1 N–H and O–H groups in total. The molecule has 21 heavy (non-hydrogen) atoms. The van der Waals surface area contributed by atoms with Gasteiger partial charge in [-0.25, -0.2) is 4.39 Å². The zero-order valence-corrected chi connectivity index (χ0v) is 15.0. The molecule has 4 nitrogen and oxygen atoms in total. The maximum Gasteiger partial charge on any atom is 0.273 e. The van der Waals surface area contributed by atoms with Crippen LogP contribution < -0.4 is 5.32 Å². The molecule has 0 heterocycles. The second-order valence-electron chi connectivity index (χ2n) is 6.23. The summed E-state index contributed by atoms with van der Waals surface area (Å²) in [7, 11) is 0. The van der Waals surface area contributed by atoms with Crippen LogP contribution in [-0.4, -0.2) is 17.5 Å². The first-order valence-electron chi connectivity index (χ1n) is 7.02. The van der Waals surface area contributed by atoms with Crippen LogP contribution in [0.15, 0.2) is 12.1 Å². The third kappa shape index (κ3) is 5.18. The van der Waals surface area contributed by atoms with Gasteiger partial charge in [0.25, 0.3) is 5.69 Å². The Morgan fingerprint density at radius 2 is 2.05 bits per heavy atom. The molecule has 6 heteroatoms. The van der Waals surface area contributed by atoms with E-state index in [0.717, 1.165) is 13.0 Å². The van der Waals surface area contributed by atoms with Crippen molar-refractivity contribution >= 4 is 28.3 Å². The van der Waals surface area contributed by atoms with Crippen molar-refractivity contribution in [3.63, 3.8) is 0 Å². The minimum absolute atomic E-state index is 0.00616. The highest BCUT2D eigenvalue weighted by molar-refractivity contribution is 14.1. The van der Waals surface area contributed by atoms with Gasteiger partial charge in [-0.2, -0.15) is 0 Å². The molecule has 0 aliphatic carbocycles. The molecule has 1 aromatic carbocycles. The molecule has 0 aromatic heterocycles. The van der Waals surface area contributed by atoms with E-state index in [2.05, 4.69) is 33.0 Å². The van der Waals surface area contributed by atoms with E-state index in [9.17, 15) is 14.5 Å². The smallest absolute Gasteiger partial charge is 0.273 e. The average Bonchev–Trinajstić information content (AvgIpc) is 2.36. The van der Waals surface area contributed by atoms with Crippen LogP contribution in [0.5, 0.6) is 0 Å². The Hall–Kier alpha value is -0.760. The monoisotopic (exact) mass is 408 g/mol. The summed E-state index contributed by atoms with van der Waals surface area (Å²) < 4.78 is 14.0. The zero-order chi connectivity index (χ0) is 16.2. The first kappa shape index (κ1) is 18.3. The van der Waals surface area contributed by atoms with Gasteiger partial charge in [0, 0.05) is 17.7 Å². The molecule has 0 saturated heterocycles. The highest BCUT2D eigenvalue weighted by Gasteiger charge is 2.28. The van der Waals surface area contributed by atoms with E-state index in [1.54, 1.807) is 22.6 Å². The minimum Gasteiger partial charge on any atom is -0.313 e. The lowest BCUT2D eigenvalue weighted by Gasteiger charge is -2.31. The van der Waals surface area contributed by atoms with Gasteiger partial charge in [-0.05, 0) is 53.5 Å². The molecule has 118 valence electrons. The summed E-state index contributed by atoms with van der Waals surface area (Å²) >= 11 is 1.78. The zero-order valence-electron chi connectivity index (χ0n) is 12.9. The summed E-state index contributed by atoms with van der Waals surface area (Å²) in [5.41, 5.74) is 0.373. The second-order valence-corrected chi connectivity index (χ2v) is 7.39. The summed E-state index contributed by atoms with van der Waals surface area (Å²) in [5.74, 6) is -0.403. The Balaban J connectivity index is 3.13. The van der Waals surface area contributed by atoms with Crippen LogP contribution in [0.25, 0.3) is 0 Å². The van der Waals surface area contributed by atoms with Gasteiger partial charge in [-0.3, -0.25) is 10.1 Å². The van der Waals surface area contributed by atoms with Crippen molar-refractivity contribution in [1.82, 2.24) is 5.32 Å². The van der Waals surface area contributed by atoms with E-state index in [1.807, 2.05) is 0 Å². The Morgan fingerprint density at radius 3 is 2.52 bits per heavy atom. The van der Waals surface area contributed by atoms with Crippen LogP contribution in [0.1, 0.15) is 39.7 Å². The van der Waals surface area contributed by atoms with Gasteiger partial charge in [-0.1, -0.05) is 27.7 Å². The number of hydrogen-bond donors (Lipinski definition) is 1. The Morgan fingerprint density at radius 1 is 1.43 bits per heavy atom. The summed E-state index contributed by atoms with van der Waals surface area (Å²) in [6.07, 6.45) is 1.42. The normalized spacial score (nSPS) is 13.2. The van der Waals surface area contributed by atoms with E-state index in [4.69, 9.17) is 0 Å². The van der Waals surface area contributed by atoms with Gasteiger partial charge < -0.3 is 5.32 Å². The number of hydrogen-bond acceptors (Lipinski definition) is 3. The molecular weight excluding hydrogens is 386 g/mol. The van der Waals surface area contributed by atoms with E-state index >= 15 is 0 Å². The Bertz CT molecular complexity index is 515. The molecular formula is C15H22FIN2O2. The van der Waals surface area contributed by atoms with Crippen molar-refractivity contribution in [2.45, 2.75) is 46.6 Å². The lowest BCUT2D eigenvalue weighted by molar-refractivity contribution is -0.385. The van der Waals surface area contributed by atoms with Gasteiger partial charge in [0.05, 0.1) is 8.49 Å². The Kier molecular flexibility index (Phi) is 6.52. The van der Waals surface area contributed by atoms with Gasteiger partial charge >= 0.3 is 0 Å². The van der Waals surface area contributed by atoms with Gasteiger partial charge in [0.1, 0.15) is 5.82 Å². The first-order chi connectivity index (χ1) is 9.66. The van der Waals surface area contributed by atoms with Crippen LogP contribution in [-0.2, 0) is 6.42 Å². The number of benzene rings is 1. The van der Waals surface area contributed by atoms with Crippen LogP contribution in [0, 0.1) is 24.9 Å². The number of rotatable bonds is 6. The maximum atomic E-state index is 13.8. The third-order valence-electron chi connectivity index (χ3n) is 3.43. The lowest BCUT2D eigenvalue weighted by Crippen LogP contribution is -2.42. The van der Waals surface area contributed by atoms with E-state index < -0.39 is 10.7 Å². The number of nitrogens with one attached hydrogen (secondary N) is 1. The van der Waals surface area contributed by atoms with Crippen molar-refractivity contribution < 1.29 is 9.31 Å². The quantitative estimate of drug-likeness (QED) is 0.434. The van der Waals surface area contributed by atoms with E-state index in [1.165, 1.54) is 12.1 Å². The van der Waals surface area contributed by atoms with Crippen molar-refractivity contribution in [2.75, 3.05) is 6.54 Å². The SMILES string of the molecule is CCCNC(Cc1cc(F)c(I)cc1[N+](=O)[O-])C(C)(C)C. The van der Waals surface area contributed by atoms with E-state index in [-0.39, 0.29) is 20.7 Å². The average molecular weight is 408 g/mol. The Labute approximate surface area is 138 Å². The van der Waals surface area contributed by atoms with Gasteiger partial charge in [0.2, 0.25) is 0 Å². The fourth-order valence-electron chi connectivity index (χ4n) is 2.13. The molecule has 1 rings (SSSR count). The second kappa shape index (κ2) is 7.49. The van der Waals surface area contributed by atoms with Crippen LogP contribution in [0.3, 0.4) is 0 Å². The molecule has 0 amide bonds. The summed E-state index contributed by atoms with van der Waals surface area (Å²) in [6.45, 7) is 9.14. The van der Waals surface area contributed by atoms with Crippen LogP contribution in [0.2, 0.25) is 0 Å². The molecule has 0 bridgehead atoms. The molecule has 0 aliphatic rings. The van der Waals surface area contributed by atoms with Gasteiger partial charge in [0.15, 0.2) is 0 Å². The number of nitro benzene ring substituents is 1. The minimum atomic E-state index is -0.434. The van der Waals surface area contributed by atoms with Crippen molar-refractivity contribution in [3.05, 3.63) is 37.2 Å². The topological polar surface area (TPSA) is 55.2 Å². The third-order valence-corrected chi connectivity index (χ3v) is 4.26. The summed E-state index contributed by atoms with van der Waals surface area (Å²) in [5, 5.41) is 14.6. The lowest BCUT2D eigenvalue weighted by atomic mass is 9.82. The van der Waals surface area contributed by atoms with Gasteiger partial charge in [-0.15, -0.1) is 0 Å². The molecule has 0 fully saturated rings. The molecule has 1 atom stereocenters. The molecule has 0 spiro atoms. The van der Waals surface area contributed by atoms with E-state index in [0.29, 0.717) is 12.0 Å². The molecule has 0 saturated carbocycles. The van der Waals surface area contributed by atoms with Crippen molar-refractivity contribution in [1.29, 1.82) is 0 Å². The molecule has 0 radical (unpaired) electrons. The first-order valence-corrected chi connectivity index (χ1v) is 8.10. The standard InChI is InChI=1S/C15H22FIN2O2/c1-5-6-18-14(15(2,3)4)8-10-7-11(16)12(17)9-13(10)19(20)21/h7,9,14,18H,5-6,8H2,1-4H3. The number of nitrogens with zero attached hydrogens (tertiary/aromatic N) is 1. The highest BCUT2D eigenvalue weighted by atomic mass is 127. The molecule has 1 unspecified atom stereocenters. The summed E-state index contributed by atoms with van der Waals surface area (Å²) in [4.78, 5) is 10.8.